The number of carbonyl (C=O) groups excluding carboxylic acids is 1. The van der Waals surface area contributed by atoms with Gasteiger partial charge in [0, 0.05) is 5.69 Å². The van der Waals surface area contributed by atoms with Crippen molar-refractivity contribution in [3.8, 4) is 0 Å². The number of nitrogens with one attached hydrogen (secondary N) is 1. The van der Waals surface area contributed by atoms with Gasteiger partial charge in [-0.3, -0.25) is 4.79 Å². The van der Waals surface area contributed by atoms with Crippen LogP contribution in [0.5, 0.6) is 0 Å². The van der Waals surface area contributed by atoms with Crippen LogP contribution < -0.4 is 11.1 Å². The summed E-state index contributed by atoms with van der Waals surface area (Å²) < 4.78 is 0. The predicted molar refractivity (Wildman–Crippen MR) is 79.7 cm³/mol. The van der Waals surface area contributed by atoms with Crippen LogP contribution >= 0.6 is 11.6 Å². The first kappa shape index (κ1) is 13.4. The zero-order chi connectivity index (χ0) is 14.0. The van der Waals surface area contributed by atoms with Crippen LogP contribution in [-0.2, 0) is 0 Å². The van der Waals surface area contributed by atoms with Crippen molar-refractivity contribution < 1.29 is 4.79 Å². The van der Waals surface area contributed by atoms with Gasteiger partial charge in [-0.1, -0.05) is 29.3 Å². The van der Waals surface area contributed by atoms with E-state index in [1.165, 1.54) is 0 Å². The zero-order valence-corrected chi connectivity index (χ0v) is 11.6. The Morgan fingerprint density at radius 3 is 2.47 bits per heavy atom. The van der Waals surface area contributed by atoms with Gasteiger partial charge < -0.3 is 11.1 Å². The lowest BCUT2D eigenvalue weighted by Crippen LogP contribution is -2.14. The lowest BCUT2D eigenvalue weighted by Gasteiger charge is -2.10. The number of nitrogen functional groups attached to an aromatic ring is 1. The fourth-order valence-corrected chi connectivity index (χ4v) is 1.96. The highest BCUT2D eigenvalue weighted by atomic mass is 35.5. The third-order valence-electron chi connectivity index (χ3n) is 2.82. The summed E-state index contributed by atoms with van der Waals surface area (Å²) in [5, 5.41) is 3.29. The Morgan fingerprint density at radius 2 is 1.74 bits per heavy atom. The van der Waals surface area contributed by atoms with Crippen molar-refractivity contribution in [2.24, 2.45) is 0 Å². The minimum Gasteiger partial charge on any atom is -0.398 e. The average molecular weight is 275 g/mol. The summed E-state index contributed by atoms with van der Waals surface area (Å²) in [5.41, 5.74) is 9.32. The number of hydrogen-bond acceptors (Lipinski definition) is 2. The molecule has 0 fully saturated rings. The highest BCUT2D eigenvalue weighted by molar-refractivity contribution is 6.34. The second-order valence-electron chi connectivity index (χ2n) is 4.53. The van der Waals surface area contributed by atoms with Gasteiger partial charge in [0.15, 0.2) is 0 Å². The summed E-state index contributed by atoms with van der Waals surface area (Å²) >= 11 is 6.05. The molecule has 3 nitrogen and oxygen atoms in total. The Labute approximate surface area is 117 Å². The number of nitrogens with two attached hydrogens (primary N) is 1. The third kappa shape index (κ3) is 3.06. The van der Waals surface area contributed by atoms with E-state index in [0.717, 1.165) is 11.1 Å². The van der Waals surface area contributed by atoms with Crippen molar-refractivity contribution in [1.82, 2.24) is 0 Å². The van der Waals surface area contributed by atoms with Gasteiger partial charge in [-0.15, -0.1) is 0 Å². The first-order valence-corrected chi connectivity index (χ1v) is 6.29. The van der Waals surface area contributed by atoms with Crippen molar-refractivity contribution in [3.05, 3.63) is 58.1 Å². The van der Waals surface area contributed by atoms with Crippen LogP contribution in [0.2, 0.25) is 5.02 Å². The van der Waals surface area contributed by atoms with Gasteiger partial charge in [-0.25, -0.2) is 0 Å². The molecule has 0 unspecified atom stereocenters. The van der Waals surface area contributed by atoms with Crippen LogP contribution in [0, 0.1) is 13.8 Å². The van der Waals surface area contributed by atoms with E-state index in [1.807, 2.05) is 32.0 Å². The molecule has 0 saturated heterocycles. The normalized spacial score (nSPS) is 10.3. The third-order valence-corrected chi connectivity index (χ3v) is 3.15. The molecule has 0 saturated carbocycles. The van der Waals surface area contributed by atoms with E-state index in [0.29, 0.717) is 22.0 Å². The SMILES string of the molecule is Cc1ccc(Cl)c(NC(=O)c2cc(C)ccc2N)c1. The largest absolute Gasteiger partial charge is 0.398 e. The van der Waals surface area contributed by atoms with Gasteiger partial charge in [0.05, 0.1) is 16.3 Å². The van der Waals surface area contributed by atoms with Crippen molar-refractivity contribution in [2.75, 3.05) is 11.1 Å². The summed E-state index contributed by atoms with van der Waals surface area (Å²) in [4.78, 5) is 12.2. The quantitative estimate of drug-likeness (QED) is 0.819. The van der Waals surface area contributed by atoms with Crippen LogP contribution in [0.15, 0.2) is 36.4 Å². The molecule has 4 heteroatoms. The maximum absolute atomic E-state index is 12.2. The molecular formula is C15H15ClN2O. The van der Waals surface area contributed by atoms with E-state index in [2.05, 4.69) is 5.32 Å². The van der Waals surface area contributed by atoms with Crippen LogP contribution in [0.25, 0.3) is 0 Å². The molecule has 0 aliphatic heterocycles. The molecule has 98 valence electrons. The number of anilines is 2. The predicted octanol–water partition coefficient (Wildman–Crippen LogP) is 3.79. The summed E-state index contributed by atoms with van der Waals surface area (Å²) in [5.74, 6) is -0.256. The number of carbonyl (C=O) groups is 1. The molecule has 0 aliphatic carbocycles. The number of halogens is 1. The summed E-state index contributed by atoms with van der Waals surface area (Å²) in [6, 6.07) is 10.8. The van der Waals surface area contributed by atoms with Gasteiger partial charge in [-0.05, 0) is 43.7 Å². The molecule has 0 spiro atoms. The monoisotopic (exact) mass is 274 g/mol. The van der Waals surface area contributed by atoms with Crippen molar-refractivity contribution in [2.45, 2.75) is 13.8 Å². The van der Waals surface area contributed by atoms with Gasteiger partial charge >= 0.3 is 0 Å². The Bertz CT molecular complexity index is 638. The number of rotatable bonds is 2. The minimum absolute atomic E-state index is 0.256. The van der Waals surface area contributed by atoms with E-state index in [4.69, 9.17) is 17.3 Å². The summed E-state index contributed by atoms with van der Waals surface area (Å²) in [7, 11) is 0. The molecule has 0 aromatic heterocycles. The van der Waals surface area contributed by atoms with E-state index in [-0.39, 0.29) is 5.91 Å². The van der Waals surface area contributed by atoms with E-state index >= 15 is 0 Å². The molecule has 2 rings (SSSR count). The van der Waals surface area contributed by atoms with Gasteiger partial charge in [0.1, 0.15) is 0 Å². The first-order chi connectivity index (χ1) is 8.97. The highest BCUT2D eigenvalue weighted by Crippen LogP contribution is 2.24. The smallest absolute Gasteiger partial charge is 0.257 e. The van der Waals surface area contributed by atoms with Crippen LogP contribution in [0.4, 0.5) is 11.4 Å². The topological polar surface area (TPSA) is 55.1 Å². The Morgan fingerprint density at radius 1 is 1.11 bits per heavy atom. The van der Waals surface area contributed by atoms with Crippen LogP contribution in [0.3, 0.4) is 0 Å². The second-order valence-corrected chi connectivity index (χ2v) is 4.94. The number of aryl methyl sites for hydroxylation is 2. The Hall–Kier alpha value is -2.00. The van der Waals surface area contributed by atoms with E-state index in [9.17, 15) is 4.79 Å². The highest BCUT2D eigenvalue weighted by Gasteiger charge is 2.11. The zero-order valence-electron chi connectivity index (χ0n) is 10.8. The number of amides is 1. The number of hydrogen-bond donors (Lipinski definition) is 2. The molecule has 1 amide bonds. The molecule has 0 aliphatic rings. The number of benzene rings is 2. The summed E-state index contributed by atoms with van der Waals surface area (Å²) in [6.45, 7) is 3.85. The molecule has 2 aromatic rings. The van der Waals surface area contributed by atoms with Gasteiger partial charge in [-0.2, -0.15) is 0 Å². The molecule has 0 heterocycles. The second kappa shape index (κ2) is 5.33. The average Bonchev–Trinajstić information content (AvgIpc) is 2.36. The first-order valence-electron chi connectivity index (χ1n) is 5.91. The maximum atomic E-state index is 12.2. The maximum Gasteiger partial charge on any atom is 0.257 e. The minimum atomic E-state index is -0.256. The molecule has 0 atom stereocenters. The van der Waals surface area contributed by atoms with Crippen LogP contribution in [-0.4, -0.2) is 5.91 Å². The van der Waals surface area contributed by atoms with Crippen molar-refractivity contribution in [3.63, 3.8) is 0 Å². The standard InChI is InChI=1S/C15H15ClN2O/c1-9-4-6-13(17)11(7-9)15(19)18-14-8-10(2)3-5-12(14)16/h3-8H,17H2,1-2H3,(H,18,19). The van der Waals surface area contributed by atoms with Crippen molar-refractivity contribution in [1.29, 1.82) is 0 Å². The lowest BCUT2D eigenvalue weighted by molar-refractivity contribution is 0.102. The fourth-order valence-electron chi connectivity index (χ4n) is 1.79. The van der Waals surface area contributed by atoms with E-state index < -0.39 is 0 Å². The lowest BCUT2D eigenvalue weighted by atomic mass is 10.1. The van der Waals surface area contributed by atoms with Crippen LogP contribution in [0.1, 0.15) is 21.5 Å². The van der Waals surface area contributed by atoms with Crippen molar-refractivity contribution >= 4 is 28.9 Å². The Kier molecular flexibility index (Phi) is 3.76. The molecule has 0 radical (unpaired) electrons. The molecule has 2 aromatic carbocycles. The molecule has 3 N–H and O–H groups in total. The fraction of sp³-hybridized carbons (Fsp3) is 0.133. The van der Waals surface area contributed by atoms with E-state index in [1.54, 1.807) is 18.2 Å². The molecular weight excluding hydrogens is 260 g/mol. The Balaban J connectivity index is 2.30. The summed E-state index contributed by atoms with van der Waals surface area (Å²) in [6.07, 6.45) is 0. The molecule has 19 heavy (non-hydrogen) atoms. The van der Waals surface area contributed by atoms with Gasteiger partial charge in [0.2, 0.25) is 0 Å². The van der Waals surface area contributed by atoms with Gasteiger partial charge in [0.25, 0.3) is 5.91 Å². The molecule has 0 bridgehead atoms.